The van der Waals surface area contributed by atoms with Crippen molar-refractivity contribution in [1.82, 2.24) is 10.2 Å². The second-order valence-electron chi connectivity index (χ2n) is 5.94. The summed E-state index contributed by atoms with van der Waals surface area (Å²) < 4.78 is 11.9. The summed E-state index contributed by atoms with van der Waals surface area (Å²) in [5.74, 6) is 0. The van der Waals surface area contributed by atoms with E-state index in [1.54, 1.807) is 11.3 Å². The van der Waals surface area contributed by atoms with E-state index < -0.39 is 0 Å². The third kappa shape index (κ3) is 3.12. The highest BCUT2D eigenvalue weighted by Gasteiger charge is 2.46. The second kappa shape index (κ2) is 6.42. The standard InChI is InChI=1S/C15H23N3O2S/c1-3-8-19-11-15-6-4-9-20-13(15)5-7-18(10-15)14-17-16-12(2)21-14/h3,13H,1,4-11H2,2H3/t13-,15-/m1/s1. The van der Waals surface area contributed by atoms with Crippen LogP contribution in [0.3, 0.4) is 0 Å². The molecule has 0 aliphatic carbocycles. The molecule has 3 rings (SSSR count). The van der Waals surface area contributed by atoms with Crippen molar-refractivity contribution in [3.63, 3.8) is 0 Å². The number of anilines is 1. The largest absolute Gasteiger partial charge is 0.377 e. The molecule has 2 atom stereocenters. The minimum absolute atomic E-state index is 0.0824. The van der Waals surface area contributed by atoms with Gasteiger partial charge in [0, 0.05) is 25.1 Å². The topological polar surface area (TPSA) is 47.5 Å². The Bertz CT molecular complexity index is 493. The van der Waals surface area contributed by atoms with Gasteiger partial charge in [-0.2, -0.15) is 0 Å². The van der Waals surface area contributed by atoms with Crippen molar-refractivity contribution in [2.75, 3.05) is 37.8 Å². The lowest BCUT2D eigenvalue weighted by molar-refractivity contribution is -0.122. The van der Waals surface area contributed by atoms with Crippen molar-refractivity contribution in [3.05, 3.63) is 17.7 Å². The Labute approximate surface area is 130 Å². The molecule has 2 aliphatic heterocycles. The van der Waals surface area contributed by atoms with Crippen LogP contribution in [-0.2, 0) is 9.47 Å². The minimum Gasteiger partial charge on any atom is -0.377 e. The van der Waals surface area contributed by atoms with Crippen LogP contribution in [0.1, 0.15) is 24.3 Å². The van der Waals surface area contributed by atoms with Gasteiger partial charge in [0.2, 0.25) is 5.13 Å². The number of piperidine rings is 1. The summed E-state index contributed by atoms with van der Waals surface area (Å²) in [6.45, 7) is 9.88. The van der Waals surface area contributed by atoms with Gasteiger partial charge in [0.1, 0.15) is 5.01 Å². The van der Waals surface area contributed by atoms with Crippen molar-refractivity contribution >= 4 is 16.5 Å². The fourth-order valence-corrected chi connectivity index (χ4v) is 4.14. The van der Waals surface area contributed by atoms with Crippen molar-refractivity contribution in [2.24, 2.45) is 5.41 Å². The van der Waals surface area contributed by atoms with Gasteiger partial charge >= 0.3 is 0 Å². The normalized spacial score (nSPS) is 29.2. The molecule has 1 aromatic heterocycles. The predicted molar refractivity (Wildman–Crippen MR) is 83.9 cm³/mol. The summed E-state index contributed by atoms with van der Waals surface area (Å²) in [6.07, 6.45) is 5.42. The van der Waals surface area contributed by atoms with E-state index in [1.807, 2.05) is 13.0 Å². The molecule has 2 saturated heterocycles. The van der Waals surface area contributed by atoms with E-state index in [9.17, 15) is 0 Å². The first kappa shape index (κ1) is 14.9. The zero-order valence-corrected chi connectivity index (χ0v) is 13.4. The molecule has 0 saturated carbocycles. The summed E-state index contributed by atoms with van der Waals surface area (Å²) in [6, 6.07) is 0. The van der Waals surface area contributed by atoms with Crippen LogP contribution in [0.2, 0.25) is 0 Å². The van der Waals surface area contributed by atoms with E-state index in [1.165, 1.54) is 0 Å². The van der Waals surface area contributed by atoms with Gasteiger partial charge < -0.3 is 14.4 Å². The van der Waals surface area contributed by atoms with Gasteiger partial charge in [0.15, 0.2) is 0 Å². The maximum Gasteiger partial charge on any atom is 0.208 e. The van der Waals surface area contributed by atoms with Crippen LogP contribution < -0.4 is 4.90 Å². The van der Waals surface area contributed by atoms with Crippen LogP contribution >= 0.6 is 11.3 Å². The number of hydrogen-bond donors (Lipinski definition) is 0. The maximum atomic E-state index is 6.04. The van der Waals surface area contributed by atoms with Crippen molar-refractivity contribution < 1.29 is 9.47 Å². The van der Waals surface area contributed by atoms with Crippen LogP contribution in [-0.4, -0.2) is 49.2 Å². The molecule has 5 nitrogen and oxygen atoms in total. The SMILES string of the molecule is C=CCOC[C@]12CCCO[C@@H]1CCN(c1nnc(C)s1)C2. The average Bonchev–Trinajstić information content (AvgIpc) is 2.93. The van der Waals surface area contributed by atoms with Crippen molar-refractivity contribution in [2.45, 2.75) is 32.3 Å². The van der Waals surface area contributed by atoms with E-state index in [0.29, 0.717) is 12.7 Å². The van der Waals surface area contributed by atoms with Crippen LogP contribution in [0, 0.1) is 12.3 Å². The lowest BCUT2D eigenvalue weighted by Gasteiger charge is -2.50. The minimum atomic E-state index is 0.0824. The molecule has 116 valence electrons. The summed E-state index contributed by atoms with van der Waals surface area (Å²) >= 11 is 1.67. The number of hydrogen-bond acceptors (Lipinski definition) is 6. The fourth-order valence-electron chi connectivity index (χ4n) is 3.42. The molecule has 0 radical (unpaired) electrons. The van der Waals surface area contributed by atoms with Gasteiger partial charge in [-0.05, 0) is 26.2 Å². The summed E-state index contributed by atoms with van der Waals surface area (Å²) in [5, 5.41) is 10.5. The number of ether oxygens (including phenoxy) is 2. The lowest BCUT2D eigenvalue weighted by atomic mass is 9.73. The van der Waals surface area contributed by atoms with E-state index in [4.69, 9.17) is 9.47 Å². The average molecular weight is 309 g/mol. The molecule has 2 fully saturated rings. The number of aryl methyl sites for hydroxylation is 1. The molecule has 0 spiro atoms. The first-order chi connectivity index (χ1) is 10.2. The van der Waals surface area contributed by atoms with E-state index in [2.05, 4.69) is 21.7 Å². The maximum absolute atomic E-state index is 6.04. The fraction of sp³-hybridized carbons (Fsp3) is 0.733. The van der Waals surface area contributed by atoms with Crippen LogP contribution in [0.5, 0.6) is 0 Å². The van der Waals surface area contributed by atoms with Gasteiger partial charge in [-0.3, -0.25) is 0 Å². The molecule has 0 unspecified atom stereocenters. The van der Waals surface area contributed by atoms with E-state index in [0.717, 1.165) is 55.7 Å². The highest BCUT2D eigenvalue weighted by atomic mass is 32.1. The first-order valence-electron chi connectivity index (χ1n) is 7.59. The van der Waals surface area contributed by atoms with E-state index in [-0.39, 0.29) is 5.41 Å². The first-order valence-corrected chi connectivity index (χ1v) is 8.40. The Kier molecular flexibility index (Phi) is 4.57. The molecule has 6 heteroatoms. The molecule has 21 heavy (non-hydrogen) atoms. The Morgan fingerprint density at radius 1 is 1.57 bits per heavy atom. The number of rotatable bonds is 5. The van der Waals surface area contributed by atoms with Crippen LogP contribution in [0.4, 0.5) is 5.13 Å². The highest BCUT2D eigenvalue weighted by molar-refractivity contribution is 7.15. The summed E-state index contributed by atoms with van der Waals surface area (Å²) in [4.78, 5) is 2.35. The van der Waals surface area contributed by atoms with Crippen LogP contribution in [0.15, 0.2) is 12.7 Å². The summed E-state index contributed by atoms with van der Waals surface area (Å²) in [5.41, 5.74) is 0.0824. The molecule has 2 aliphatic rings. The molecule has 1 aromatic rings. The molecule has 3 heterocycles. The molecule has 0 amide bonds. The van der Waals surface area contributed by atoms with Gasteiger partial charge in [-0.1, -0.05) is 17.4 Å². The number of fused-ring (bicyclic) bond motifs is 1. The molecular formula is C15H23N3O2S. The second-order valence-corrected chi connectivity index (χ2v) is 7.10. The quantitative estimate of drug-likeness (QED) is 0.617. The van der Waals surface area contributed by atoms with E-state index >= 15 is 0 Å². The van der Waals surface area contributed by atoms with Gasteiger partial charge in [0.05, 0.1) is 19.3 Å². The third-order valence-corrected chi connectivity index (χ3v) is 5.30. The number of aromatic nitrogens is 2. The Morgan fingerprint density at radius 2 is 2.48 bits per heavy atom. The highest BCUT2D eigenvalue weighted by Crippen LogP contribution is 2.42. The van der Waals surface area contributed by atoms with Gasteiger partial charge in [0.25, 0.3) is 0 Å². The Hall–Kier alpha value is -0.980. The Balaban J connectivity index is 1.75. The van der Waals surface area contributed by atoms with Crippen molar-refractivity contribution in [1.29, 1.82) is 0 Å². The molecular weight excluding hydrogens is 286 g/mol. The monoisotopic (exact) mass is 309 g/mol. The van der Waals surface area contributed by atoms with Gasteiger partial charge in [-0.15, -0.1) is 16.8 Å². The number of nitrogens with zero attached hydrogens (tertiary/aromatic N) is 3. The zero-order valence-electron chi connectivity index (χ0n) is 12.6. The van der Waals surface area contributed by atoms with Gasteiger partial charge in [-0.25, -0.2) is 0 Å². The van der Waals surface area contributed by atoms with Crippen LogP contribution in [0.25, 0.3) is 0 Å². The molecule has 0 bridgehead atoms. The zero-order chi connectivity index (χ0) is 14.7. The smallest absolute Gasteiger partial charge is 0.208 e. The Morgan fingerprint density at radius 3 is 3.24 bits per heavy atom. The predicted octanol–water partition coefficient (Wildman–Crippen LogP) is 2.42. The van der Waals surface area contributed by atoms with Crippen molar-refractivity contribution in [3.8, 4) is 0 Å². The third-order valence-electron chi connectivity index (χ3n) is 4.40. The lowest BCUT2D eigenvalue weighted by Crippen LogP contribution is -2.57. The summed E-state index contributed by atoms with van der Waals surface area (Å²) in [7, 11) is 0. The molecule has 0 N–H and O–H groups in total. The molecule has 0 aromatic carbocycles.